The number of nitrogens with zero attached hydrogens (tertiary/aromatic N) is 1. The molecule has 0 radical (unpaired) electrons. The monoisotopic (exact) mass is 251 g/mol. The Balaban J connectivity index is 2.58. The fraction of sp³-hybridized carbons (Fsp3) is 0.364. The van der Waals surface area contributed by atoms with Crippen molar-refractivity contribution >= 4 is 17.0 Å². The van der Waals surface area contributed by atoms with E-state index in [1.54, 1.807) is 6.92 Å². The van der Waals surface area contributed by atoms with Crippen LogP contribution in [0.2, 0.25) is 0 Å². The highest BCUT2D eigenvalue weighted by atomic mass is 16.5. The van der Waals surface area contributed by atoms with Gasteiger partial charge in [-0.3, -0.25) is 9.89 Å². The number of H-pyrrole nitrogens is 2. The number of carbonyl (C=O) groups is 1. The molecule has 0 bridgehead atoms. The van der Waals surface area contributed by atoms with Crippen LogP contribution in [0.25, 0.3) is 11.0 Å². The minimum Gasteiger partial charge on any atom is -0.505 e. The van der Waals surface area contributed by atoms with Gasteiger partial charge in [0.15, 0.2) is 16.8 Å². The molecule has 0 spiro atoms. The number of esters is 1. The lowest BCUT2D eigenvalue weighted by molar-refractivity contribution is 0.0500. The van der Waals surface area contributed by atoms with Crippen LogP contribution in [0, 0.1) is 6.92 Å². The molecule has 0 aliphatic rings. The first kappa shape index (κ1) is 12.2. The fourth-order valence-corrected chi connectivity index (χ4v) is 1.61. The van der Waals surface area contributed by atoms with E-state index >= 15 is 0 Å². The van der Waals surface area contributed by atoms with Crippen LogP contribution in [-0.2, 0) is 4.74 Å². The minimum atomic E-state index is -0.849. The molecule has 3 N–H and O–H groups in total. The Morgan fingerprint density at radius 1 is 1.50 bits per heavy atom. The van der Waals surface area contributed by atoms with Crippen molar-refractivity contribution in [3.05, 3.63) is 21.6 Å². The third-order valence-electron chi connectivity index (χ3n) is 2.52. The minimum absolute atomic E-state index is 0.149. The Morgan fingerprint density at radius 3 is 2.89 bits per heavy atom. The molecule has 0 fully saturated rings. The number of nitrogens with one attached hydrogen (secondary N) is 2. The van der Waals surface area contributed by atoms with Crippen molar-refractivity contribution in [2.24, 2.45) is 0 Å². The zero-order valence-electron chi connectivity index (χ0n) is 10.0. The molecule has 0 aliphatic carbocycles. The molecular formula is C11H13N3O4. The summed E-state index contributed by atoms with van der Waals surface area (Å²) in [5.74, 6) is -1.31. The largest absolute Gasteiger partial charge is 0.505 e. The highest BCUT2D eigenvalue weighted by Crippen LogP contribution is 2.24. The number of rotatable bonds is 3. The number of aryl methyl sites for hydroxylation is 1. The number of aromatic nitrogens is 3. The van der Waals surface area contributed by atoms with Gasteiger partial charge in [-0.05, 0) is 13.3 Å². The van der Waals surface area contributed by atoms with Gasteiger partial charge in [0.05, 0.1) is 17.8 Å². The lowest BCUT2D eigenvalue weighted by Crippen LogP contribution is -2.20. The molecule has 2 heterocycles. The normalized spacial score (nSPS) is 10.8. The summed E-state index contributed by atoms with van der Waals surface area (Å²) >= 11 is 0. The molecule has 0 atom stereocenters. The van der Waals surface area contributed by atoms with Gasteiger partial charge in [-0.1, -0.05) is 6.92 Å². The Kier molecular flexibility index (Phi) is 3.05. The fourth-order valence-electron chi connectivity index (χ4n) is 1.61. The number of hydrogen-bond donors (Lipinski definition) is 3. The van der Waals surface area contributed by atoms with E-state index in [-0.39, 0.29) is 12.1 Å². The maximum atomic E-state index is 11.8. The second-order valence-electron chi connectivity index (χ2n) is 3.89. The SMILES string of the molecule is CCCOC(=O)c1c(O)c2n[nH]c(C)c2[nH]c1=O. The summed E-state index contributed by atoms with van der Waals surface area (Å²) < 4.78 is 4.84. The molecule has 0 aromatic carbocycles. The van der Waals surface area contributed by atoms with Gasteiger partial charge < -0.3 is 14.8 Å². The number of carbonyl (C=O) groups excluding carboxylic acids is 1. The molecule has 0 saturated carbocycles. The van der Waals surface area contributed by atoms with Crippen molar-refractivity contribution in [1.82, 2.24) is 15.2 Å². The molecule has 0 unspecified atom stereocenters. The standard InChI is InChI=1S/C11H13N3O4/c1-3-4-18-11(17)6-9(15)8-7(12-10(6)16)5(2)13-14-8/h3-4H2,1-2H3,(H,13,14)(H2,12,15,16). The second kappa shape index (κ2) is 4.52. The number of ether oxygens (including phenoxy) is 1. The summed E-state index contributed by atoms with van der Waals surface area (Å²) in [6.07, 6.45) is 0.633. The van der Waals surface area contributed by atoms with Crippen molar-refractivity contribution in [2.45, 2.75) is 20.3 Å². The summed E-state index contributed by atoms with van der Waals surface area (Å²) in [6, 6.07) is 0. The van der Waals surface area contributed by atoms with Gasteiger partial charge in [-0.25, -0.2) is 4.79 Å². The number of aromatic amines is 2. The Hall–Kier alpha value is -2.31. The molecule has 18 heavy (non-hydrogen) atoms. The van der Waals surface area contributed by atoms with E-state index in [0.29, 0.717) is 17.6 Å². The maximum Gasteiger partial charge on any atom is 0.347 e. The van der Waals surface area contributed by atoms with Gasteiger partial charge in [-0.2, -0.15) is 5.10 Å². The third kappa shape index (κ3) is 1.83. The van der Waals surface area contributed by atoms with E-state index < -0.39 is 22.8 Å². The van der Waals surface area contributed by atoms with Gasteiger partial charge in [0.1, 0.15) is 0 Å². The molecular weight excluding hydrogens is 238 g/mol. The lowest BCUT2D eigenvalue weighted by atomic mass is 10.2. The van der Waals surface area contributed by atoms with Gasteiger partial charge in [0.2, 0.25) is 0 Å². The van der Waals surface area contributed by atoms with Crippen LogP contribution in [-0.4, -0.2) is 32.9 Å². The van der Waals surface area contributed by atoms with Crippen molar-refractivity contribution in [2.75, 3.05) is 6.61 Å². The molecule has 7 heteroatoms. The molecule has 0 amide bonds. The van der Waals surface area contributed by atoms with Crippen LogP contribution in [0.3, 0.4) is 0 Å². The Morgan fingerprint density at radius 2 is 2.22 bits per heavy atom. The number of aromatic hydroxyl groups is 1. The summed E-state index contributed by atoms with van der Waals surface area (Å²) in [7, 11) is 0. The average Bonchev–Trinajstić information content (AvgIpc) is 2.69. The van der Waals surface area contributed by atoms with Gasteiger partial charge in [0, 0.05) is 0 Å². The van der Waals surface area contributed by atoms with Gasteiger partial charge in [-0.15, -0.1) is 0 Å². The third-order valence-corrected chi connectivity index (χ3v) is 2.52. The van der Waals surface area contributed by atoms with Crippen molar-refractivity contribution < 1.29 is 14.6 Å². The topological polar surface area (TPSA) is 108 Å². The Bertz CT molecular complexity index is 656. The highest BCUT2D eigenvalue weighted by molar-refractivity contribution is 5.98. The predicted octanol–water partition coefficient (Wildman–Crippen LogP) is 0.832. The van der Waals surface area contributed by atoms with E-state index in [2.05, 4.69) is 15.2 Å². The zero-order valence-corrected chi connectivity index (χ0v) is 10.0. The van der Waals surface area contributed by atoms with E-state index in [4.69, 9.17) is 4.74 Å². The molecule has 7 nitrogen and oxygen atoms in total. The van der Waals surface area contributed by atoms with E-state index in [1.165, 1.54) is 0 Å². The molecule has 2 rings (SSSR count). The summed E-state index contributed by atoms with van der Waals surface area (Å²) in [5.41, 5.74) is 0.0269. The van der Waals surface area contributed by atoms with Crippen LogP contribution in [0.4, 0.5) is 0 Å². The van der Waals surface area contributed by atoms with Crippen LogP contribution in [0.5, 0.6) is 5.75 Å². The molecule has 0 aliphatic heterocycles. The molecule has 96 valence electrons. The van der Waals surface area contributed by atoms with E-state index in [0.717, 1.165) is 0 Å². The van der Waals surface area contributed by atoms with E-state index in [9.17, 15) is 14.7 Å². The Labute approximate surface area is 102 Å². The number of fused-ring (bicyclic) bond motifs is 1. The van der Waals surface area contributed by atoms with Crippen LogP contribution >= 0.6 is 0 Å². The second-order valence-corrected chi connectivity index (χ2v) is 3.89. The van der Waals surface area contributed by atoms with Gasteiger partial charge >= 0.3 is 5.97 Å². The first-order valence-corrected chi connectivity index (χ1v) is 5.53. The lowest BCUT2D eigenvalue weighted by Gasteiger charge is -2.04. The summed E-state index contributed by atoms with van der Waals surface area (Å²) in [6.45, 7) is 3.72. The quantitative estimate of drug-likeness (QED) is 0.700. The van der Waals surface area contributed by atoms with Crippen LogP contribution < -0.4 is 5.56 Å². The molecule has 2 aromatic heterocycles. The zero-order chi connectivity index (χ0) is 13.3. The summed E-state index contributed by atoms with van der Waals surface area (Å²) in [4.78, 5) is 25.9. The molecule has 2 aromatic rings. The maximum absolute atomic E-state index is 11.8. The van der Waals surface area contributed by atoms with Gasteiger partial charge in [0.25, 0.3) is 5.56 Å². The smallest absolute Gasteiger partial charge is 0.347 e. The predicted molar refractivity (Wildman–Crippen MR) is 63.7 cm³/mol. The van der Waals surface area contributed by atoms with Crippen molar-refractivity contribution in [3.63, 3.8) is 0 Å². The highest BCUT2D eigenvalue weighted by Gasteiger charge is 2.22. The molecule has 0 saturated heterocycles. The average molecular weight is 251 g/mol. The van der Waals surface area contributed by atoms with E-state index in [1.807, 2.05) is 6.92 Å². The number of pyridine rings is 1. The van der Waals surface area contributed by atoms with Crippen LogP contribution in [0.15, 0.2) is 4.79 Å². The van der Waals surface area contributed by atoms with Crippen molar-refractivity contribution in [1.29, 1.82) is 0 Å². The summed E-state index contributed by atoms with van der Waals surface area (Å²) in [5, 5.41) is 16.4. The first-order chi connectivity index (χ1) is 8.56. The number of hydrogen-bond acceptors (Lipinski definition) is 5. The first-order valence-electron chi connectivity index (χ1n) is 5.53. The van der Waals surface area contributed by atoms with Crippen LogP contribution in [0.1, 0.15) is 29.4 Å². The van der Waals surface area contributed by atoms with Crippen molar-refractivity contribution in [3.8, 4) is 5.75 Å².